The van der Waals surface area contributed by atoms with E-state index in [1.54, 1.807) is 25.5 Å². The molecule has 1 aromatic heterocycles. The number of carboxylic acids is 1. The first-order valence-corrected chi connectivity index (χ1v) is 11.5. The summed E-state index contributed by atoms with van der Waals surface area (Å²) in [6.45, 7) is 10.1. The molecule has 1 aliphatic carbocycles. The number of rotatable bonds is 6. The fourth-order valence-corrected chi connectivity index (χ4v) is 5.63. The normalized spacial score (nSPS) is 24.3. The molecule has 2 N–H and O–H groups in total. The maximum atomic E-state index is 12.6. The van der Waals surface area contributed by atoms with Gasteiger partial charge in [0.2, 0.25) is 0 Å². The van der Waals surface area contributed by atoms with Crippen LogP contribution in [0.4, 0.5) is 0 Å². The molecule has 6 nitrogen and oxygen atoms in total. The van der Waals surface area contributed by atoms with E-state index in [9.17, 15) is 15.0 Å². The summed E-state index contributed by atoms with van der Waals surface area (Å²) in [6, 6.07) is 3.49. The fraction of sp³-hybridized carbons (Fsp3) is 0.538. The minimum absolute atomic E-state index is 0.0235. The Bertz CT molecular complexity index is 1040. The average Bonchev–Trinajstić information content (AvgIpc) is 3.25. The van der Waals surface area contributed by atoms with Gasteiger partial charge in [-0.25, -0.2) is 4.98 Å². The highest BCUT2D eigenvalue weighted by atomic mass is 16.5. The number of phenolic OH excluding ortho intramolecular Hbond substituents is 1. The lowest BCUT2D eigenvalue weighted by Crippen LogP contribution is -2.45. The Morgan fingerprint density at radius 2 is 2.16 bits per heavy atom. The van der Waals surface area contributed by atoms with E-state index in [2.05, 4.69) is 31.8 Å². The number of aromatic hydroxyl groups is 1. The zero-order valence-electron chi connectivity index (χ0n) is 19.6. The summed E-state index contributed by atoms with van der Waals surface area (Å²) in [5.41, 5.74) is 1.11. The largest absolute Gasteiger partial charge is 0.508 e. The predicted molar refractivity (Wildman–Crippen MR) is 123 cm³/mol. The number of phenols is 1. The van der Waals surface area contributed by atoms with Gasteiger partial charge in [-0.1, -0.05) is 18.6 Å². The number of aromatic nitrogens is 2. The number of carboxylic acid groups (broad SMARTS) is 1. The van der Waals surface area contributed by atoms with E-state index in [-0.39, 0.29) is 23.6 Å². The van der Waals surface area contributed by atoms with E-state index in [1.807, 2.05) is 23.8 Å². The predicted octanol–water partition coefficient (Wildman–Crippen LogP) is 5.58. The molecular formula is C26H34N2O4. The van der Waals surface area contributed by atoms with E-state index >= 15 is 0 Å². The van der Waals surface area contributed by atoms with E-state index < -0.39 is 17.0 Å². The quantitative estimate of drug-likeness (QED) is 0.575. The van der Waals surface area contributed by atoms with Gasteiger partial charge in [-0.3, -0.25) is 4.79 Å². The molecule has 0 spiro atoms. The monoisotopic (exact) mass is 438 g/mol. The van der Waals surface area contributed by atoms with Crippen LogP contribution in [0.3, 0.4) is 0 Å². The Morgan fingerprint density at radius 3 is 2.78 bits per heavy atom. The molecule has 2 heterocycles. The van der Waals surface area contributed by atoms with Crippen molar-refractivity contribution in [3.05, 3.63) is 53.6 Å². The van der Waals surface area contributed by atoms with Gasteiger partial charge in [0.15, 0.2) is 0 Å². The topological polar surface area (TPSA) is 84.6 Å². The third kappa shape index (κ3) is 3.70. The molecule has 1 aliphatic heterocycles. The standard InChI is InChI=1S/C26H34N2O4/c1-6-18(28-10-9-27-15-28)14-26(5,24(30)31)17-12-21(29)23-19-11-16(2)7-8-20(19)25(3,4)32-22(23)13-17/h7,9-10,12-13,15,18-20,29H,6,8,11,14H2,1-5H3,(H,30,31)/t18?,19-,20-,26?/m1/s1. The van der Waals surface area contributed by atoms with Crippen LogP contribution in [0.5, 0.6) is 11.5 Å². The highest BCUT2D eigenvalue weighted by Gasteiger charge is 2.47. The average molecular weight is 439 g/mol. The Labute approximate surface area is 189 Å². The molecule has 172 valence electrons. The zero-order valence-corrected chi connectivity index (χ0v) is 19.6. The van der Waals surface area contributed by atoms with Gasteiger partial charge >= 0.3 is 5.97 Å². The number of aliphatic carboxylic acids is 1. The van der Waals surface area contributed by atoms with Crippen molar-refractivity contribution in [1.82, 2.24) is 9.55 Å². The third-order valence-electron chi connectivity index (χ3n) is 7.68. The summed E-state index contributed by atoms with van der Waals surface area (Å²) in [7, 11) is 0. The molecular weight excluding hydrogens is 404 g/mol. The molecule has 0 fully saturated rings. The lowest BCUT2D eigenvalue weighted by atomic mass is 9.66. The number of fused-ring (bicyclic) bond motifs is 3. The van der Waals surface area contributed by atoms with Gasteiger partial charge in [0, 0.05) is 35.8 Å². The van der Waals surface area contributed by atoms with Crippen LogP contribution >= 0.6 is 0 Å². The SMILES string of the molecule is CCC(CC(C)(C(=O)O)c1cc(O)c2c(c1)OC(C)(C)[C@@H]1CC=C(C)C[C@@H]21)n1ccnc1. The molecule has 2 unspecified atom stereocenters. The molecule has 0 bridgehead atoms. The zero-order chi connectivity index (χ0) is 23.3. The van der Waals surface area contributed by atoms with E-state index in [0.29, 0.717) is 17.7 Å². The van der Waals surface area contributed by atoms with Crippen molar-refractivity contribution in [3.8, 4) is 11.5 Å². The van der Waals surface area contributed by atoms with Crippen LogP contribution < -0.4 is 4.74 Å². The first-order chi connectivity index (χ1) is 15.1. The maximum Gasteiger partial charge on any atom is 0.313 e. The van der Waals surface area contributed by atoms with Gasteiger partial charge in [0.25, 0.3) is 0 Å². The van der Waals surface area contributed by atoms with Crippen molar-refractivity contribution in [2.45, 2.75) is 83.3 Å². The summed E-state index contributed by atoms with van der Waals surface area (Å²) >= 11 is 0. The third-order valence-corrected chi connectivity index (χ3v) is 7.68. The van der Waals surface area contributed by atoms with Crippen molar-refractivity contribution in [3.63, 3.8) is 0 Å². The molecule has 32 heavy (non-hydrogen) atoms. The highest BCUT2D eigenvalue weighted by molar-refractivity contribution is 5.81. The lowest BCUT2D eigenvalue weighted by molar-refractivity contribution is -0.143. The minimum atomic E-state index is -1.19. The second-order valence-corrected chi connectivity index (χ2v) is 10.2. The van der Waals surface area contributed by atoms with Crippen LogP contribution in [0.2, 0.25) is 0 Å². The molecule has 4 atom stereocenters. The summed E-state index contributed by atoms with van der Waals surface area (Å²) in [5, 5.41) is 21.4. The van der Waals surface area contributed by atoms with Gasteiger partial charge in [0.05, 0.1) is 11.7 Å². The Kier molecular flexibility index (Phi) is 5.60. The molecule has 4 rings (SSSR count). The van der Waals surface area contributed by atoms with Crippen LogP contribution in [0, 0.1) is 5.92 Å². The van der Waals surface area contributed by atoms with E-state index in [0.717, 1.165) is 24.8 Å². The first-order valence-electron chi connectivity index (χ1n) is 11.5. The van der Waals surface area contributed by atoms with Crippen molar-refractivity contribution in [2.75, 3.05) is 0 Å². The van der Waals surface area contributed by atoms with E-state index in [1.165, 1.54) is 5.57 Å². The molecule has 0 saturated heterocycles. The Hall–Kier alpha value is -2.76. The summed E-state index contributed by atoms with van der Waals surface area (Å²) in [4.78, 5) is 16.7. The Balaban J connectivity index is 1.78. The van der Waals surface area contributed by atoms with E-state index in [4.69, 9.17) is 4.74 Å². The number of nitrogens with zero attached hydrogens (tertiary/aromatic N) is 2. The lowest BCUT2D eigenvalue weighted by Gasteiger charge is -2.47. The molecule has 2 aromatic rings. The Morgan fingerprint density at radius 1 is 1.41 bits per heavy atom. The summed E-state index contributed by atoms with van der Waals surface area (Å²) < 4.78 is 8.39. The molecule has 6 heteroatoms. The minimum Gasteiger partial charge on any atom is -0.508 e. The molecule has 0 saturated carbocycles. The van der Waals surface area contributed by atoms with Crippen LogP contribution in [-0.4, -0.2) is 31.3 Å². The van der Waals surface area contributed by atoms with Crippen LogP contribution in [0.25, 0.3) is 0 Å². The van der Waals surface area contributed by atoms with Crippen LogP contribution in [0.1, 0.15) is 83.4 Å². The number of imidazole rings is 1. The van der Waals surface area contributed by atoms with Crippen molar-refractivity contribution >= 4 is 5.97 Å². The van der Waals surface area contributed by atoms with Gasteiger partial charge in [-0.05, 0) is 71.1 Å². The second-order valence-electron chi connectivity index (χ2n) is 10.2. The first kappa shape index (κ1) is 22.4. The number of allylic oxidation sites excluding steroid dienone is 2. The summed E-state index contributed by atoms with van der Waals surface area (Å²) in [5.74, 6) is 0.273. The van der Waals surface area contributed by atoms with Crippen LogP contribution in [-0.2, 0) is 10.2 Å². The van der Waals surface area contributed by atoms with Crippen molar-refractivity contribution in [2.24, 2.45) is 5.92 Å². The molecule has 0 amide bonds. The molecule has 2 aliphatic rings. The smallest absolute Gasteiger partial charge is 0.313 e. The van der Waals surface area contributed by atoms with Crippen molar-refractivity contribution in [1.29, 1.82) is 0 Å². The summed E-state index contributed by atoms with van der Waals surface area (Å²) in [6.07, 6.45) is 10.5. The maximum absolute atomic E-state index is 12.6. The van der Waals surface area contributed by atoms with Crippen molar-refractivity contribution < 1.29 is 19.7 Å². The highest BCUT2D eigenvalue weighted by Crippen LogP contribution is 2.55. The number of carbonyl (C=O) groups is 1. The fourth-order valence-electron chi connectivity index (χ4n) is 5.63. The number of ether oxygens (including phenoxy) is 1. The molecule has 0 radical (unpaired) electrons. The van der Waals surface area contributed by atoms with Crippen LogP contribution in [0.15, 0.2) is 42.5 Å². The van der Waals surface area contributed by atoms with Gasteiger partial charge in [-0.2, -0.15) is 0 Å². The van der Waals surface area contributed by atoms with Gasteiger partial charge < -0.3 is 19.5 Å². The second kappa shape index (κ2) is 7.98. The number of hydrogen-bond donors (Lipinski definition) is 2. The van der Waals surface area contributed by atoms with Gasteiger partial charge in [-0.15, -0.1) is 0 Å². The molecule has 1 aromatic carbocycles. The number of benzene rings is 1. The number of hydrogen-bond acceptors (Lipinski definition) is 4. The van der Waals surface area contributed by atoms with Gasteiger partial charge in [0.1, 0.15) is 17.1 Å².